The summed E-state index contributed by atoms with van der Waals surface area (Å²) in [6, 6.07) is 7.52. The number of benzene rings is 1. The summed E-state index contributed by atoms with van der Waals surface area (Å²) in [5, 5.41) is 14.4. The number of aromatic nitrogens is 3. The van der Waals surface area contributed by atoms with E-state index in [1.165, 1.54) is 22.2 Å². The van der Waals surface area contributed by atoms with Gasteiger partial charge in [0.25, 0.3) is 0 Å². The molecule has 8 heteroatoms. The van der Waals surface area contributed by atoms with Crippen LogP contribution in [0.15, 0.2) is 39.3 Å². The highest BCUT2D eigenvalue weighted by Gasteiger charge is 2.17. The molecular formula is C18H19BrN4OS2. The molecule has 0 unspecified atom stereocenters. The predicted molar refractivity (Wildman–Crippen MR) is 112 cm³/mol. The fourth-order valence-electron chi connectivity index (χ4n) is 2.47. The molecule has 5 nitrogen and oxygen atoms in total. The Kier molecular flexibility index (Phi) is 6.16. The van der Waals surface area contributed by atoms with Gasteiger partial charge in [-0.1, -0.05) is 27.7 Å². The van der Waals surface area contributed by atoms with E-state index in [1.807, 2.05) is 24.3 Å². The van der Waals surface area contributed by atoms with Crippen molar-refractivity contribution in [3.63, 3.8) is 0 Å². The molecule has 0 atom stereocenters. The van der Waals surface area contributed by atoms with E-state index in [-0.39, 0.29) is 11.7 Å². The van der Waals surface area contributed by atoms with Crippen LogP contribution >= 0.6 is 39.0 Å². The van der Waals surface area contributed by atoms with Crippen molar-refractivity contribution in [1.29, 1.82) is 0 Å². The molecule has 3 rings (SSSR count). The van der Waals surface area contributed by atoms with Gasteiger partial charge in [0.05, 0.1) is 5.75 Å². The summed E-state index contributed by atoms with van der Waals surface area (Å²) in [5.41, 5.74) is 3.13. The molecule has 1 amide bonds. The zero-order valence-electron chi connectivity index (χ0n) is 14.7. The van der Waals surface area contributed by atoms with Crippen molar-refractivity contribution in [3.8, 4) is 11.4 Å². The predicted octanol–water partition coefficient (Wildman–Crippen LogP) is 5.14. The van der Waals surface area contributed by atoms with Gasteiger partial charge in [-0.2, -0.15) is 0 Å². The van der Waals surface area contributed by atoms with Crippen molar-refractivity contribution < 1.29 is 4.79 Å². The highest BCUT2D eigenvalue weighted by atomic mass is 79.9. The highest BCUT2D eigenvalue weighted by molar-refractivity contribution is 9.10. The molecule has 0 saturated carbocycles. The maximum absolute atomic E-state index is 12.2. The van der Waals surface area contributed by atoms with Gasteiger partial charge in [0.1, 0.15) is 0 Å². The number of hydrogen-bond donors (Lipinski definition) is 1. The maximum atomic E-state index is 12.2. The molecule has 0 saturated heterocycles. The first-order valence-electron chi connectivity index (χ1n) is 8.16. The van der Waals surface area contributed by atoms with Crippen LogP contribution in [0.3, 0.4) is 0 Å². The number of hydrogen-bond acceptors (Lipinski definition) is 5. The third-order valence-electron chi connectivity index (χ3n) is 4.02. The summed E-state index contributed by atoms with van der Waals surface area (Å²) in [6.45, 7) is 7.04. The van der Waals surface area contributed by atoms with Crippen LogP contribution in [0.4, 0.5) is 5.69 Å². The third-order valence-corrected chi connectivity index (χ3v) is 6.53. The molecule has 0 fully saturated rings. The minimum absolute atomic E-state index is 0.0629. The molecule has 136 valence electrons. The topological polar surface area (TPSA) is 59.8 Å². The van der Waals surface area contributed by atoms with E-state index >= 15 is 0 Å². The van der Waals surface area contributed by atoms with Crippen molar-refractivity contribution in [3.05, 3.63) is 44.6 Å². The number of rotatable bonds is 6. The second kappa shape index (κ2) is 8.37. The first kappa shape index (κ1) is 19.1. The lowest BCUT2D eigenvalue weighted by molar-refractivity contribution is -0.113. The molecular weight excluding hydrogens is 432 g/mol. The minimum Gasteiger partial charge on any atom is -0.325 e. The Morgan fingerprint density at radius 2 is 2.00 bits per heavy atom. The summed E-state index contributed by atoms with van der Waals surface area (Å²) < 4.78 is 3.04. The minimum atomic E-state index is -0.0629. The van der Waals surface area contributed by atoms with E-state index < -0.39 is 0 Å². The van der Waals surface area contributed by atoms with Gasteiger partial charge in [-0.3, -0.25) is 4.79 Å². The van der Waals surface area contributed by atoms with Crippen LogP contribution in [0.1, 0.15) is 17.4 Å². The normalized spacial score (nSPS) is 10.9. The van der Waals surface area contributed by atoms with E-state index in [1.54, 1.807) is 11.3 Å². The number of amides is 1. The van der Waals surface area contributed by atoms with E-state index in [0.29, 0.717) is 0 Å². The van der Waals surface area contributed by atoms with Crippen LogP contribution in [0, 0.1) is 13.8 Å². The number of anilines is 1. The Hall–Kier alpha value is -1.64. The summed E-state index contributed by atoms with van der Waals surface area (Å²) in [4.78, 5) is 13.5. The standard InChI is InChI=1S/C18H19BrN4OS2/c1-4-23-17(15-9-25-12(3)11(15)2)21-22-18(23)26-10-16(24)20-14-7-5-13(19)6-8-14/h5-9H,4,10H2,1-3H3,(H,20,24). The average Bonchev–Trinajstić information content (AvgIpc) is 3.18. The lowest BCUT2D eigenvalue weighted by Crippen LogP contribution is -2.14. The van der Waals surface area contributed by atoms with Crippen LogP contribution < -0.4 is 5.32 Å². The largest absolute Gasteiger partial charge is 0.325 e. The number of nitrogens with one attached hydrogen (secondary N) is 1. The number of carbonyl (C=O) groups is 1. The van der Waals surface area contributed by atoms with Crippen LogP contribution in [-0.2, 0) is 11.3 Å². The molecule has 0 spiro atoms. The van der Waals surface area contributed by atoms with Crippen LogP contribution in [-0.4, -0.2) is 26.4 Å². The van der Waals surface area contributed by atoms with Crippen molar-refractivity contribution in [1.82, 2.24) is 14.8 Å². The monoisotopic (exact) mass is 450 g/mol. The molecule has 1 N–H and O–H groups in total. The molecule has 2 heterocycles. The lowest BCUT2D eigenvalue weighted by atomic mass is 10.1. The number of nitrogens with zero attached hydrogens (tertiary/aromatic N) is 3. The number of carbonyl (C=O) groups excluding carboxylic acids is 1. The van der Waals surface area contributed by atoms with Gasteiger partial charge in [0, 0.05) is 32.5 Å². The third kappa shape index (κ3) is 4.19. The molecule has 0 aliphatic heterocycles. The van der Waals surface area contributed by atoms with Crippen molar-refractivity contribution >= 4 is 50.6 Å². The Labute approximate surface area is 169 Å². The van der Waals surface area contributed by atoms with E-state index in [2.05, 4.69) is 62.2 Å². The molecule has 0 aliphatic rings. The highest BCUT2D eigenvalue weighted by Crippen LogP contribution is 2.31. The van der Waals surface area contributed by atoms with Crippen molar-refractivity contribution in [2.45, 2.75) is 32.5 Å². The smallest absolute Gasteiger partial charge is 0.234 e. The fraction of sp³-hybridized carbons (Fsp3) is 0.278. The average molecular weight is 451 g/mol. The molecule has 2 aromatic heterocycles. The zero-order chi connectivity index (χ0) is 18.7. The Morgan fingerprint density at radius 3 is 2.62 bits per heavy atom. The van der Waals surface area contributed by atoms with Crippen LogP contribution in [0.5, 0.6) is 0 Å². The number of thioether (sulfide) groups is 1. The zero-order valence-corrected chi connectivity index (χ0v) is 18.0. The molecule has 1 aromatic carbocycles. The second-order valence-electron chi connectivity index (χ2n) is 5.72. The van der Waals surface area contributed by atoms with Gasteiger partial charge < -0.3 is 9.88 Å². The summed E-state index contributed by atoms with van der Waals surface area (Å²) in [6.07, 6.45) is 0. The maximum Gasteiger partial charge on any atom is 0.234 e. The molecule has 0 bridgehead atoms. The Balaban J connectivity index is 1.69. The van der Waals surface area contributed by atoms with Gasteiger partial charge in [-0.15, -0.1) is 21.5 Å². The van der Waals surface area contributed by atoms with E-state index in [4.69, 9.17) is 0 Å². The first-order valence-corrected chi connectivity index (χ1v) is 10.8. The molecule has 3 aromatic rings. The summed E-state index contributed by atoms with van der Waals surface area (Å²) >= 11 is 6.50. The van der Waals surface area contributed by atoms with Gasteiger partial charge in [-0.25, -0.2) is 0 Å². The second-order valence-corrected chi connectivity index (χ2v) is 8.67. The molecule has 0 radical (unpaired) electrons. The van der Waals surface area contributed by atoms with E-state index in [0.717, 1.165) is 33.2 Å². The van der Waals surface area contributed by atoms with Gasteiger partial charge in [-0.05, 0) is 50.6 Å². The van der Waals surface area contributed by atoms with Crippen molar-refractivity contribution in [2.75, 3.05) is 11.1 Å². The van der Waals surface area contributed by atoms with Gasteiger partial charge in [0.2, 0.25) is 5.91 Å². The van der Waals surface area contributed by atoms with Crippen molar-refractivity contribution in [2.24, 2.45) is 0 Å². The van der Waals surface area contributed by atoms with Gasteiger partial charge in [0.15, 0.2) is 11.0 Å². The molecule has 0 aliphatic carbocycles. The molecule has 26 heavy (non-hydrogen) atoms. The summed E-state index contributed by atoms with van der Waals surface area (Å²) in [5.74, 6) is 1.09. The summed E-state index contributed by atoms with van der Waals surface area (Å²) in [7, 11) is 0. The van der Waals surface area contributed by atoms with Crippen LogP contribution in [0.25, 0.3) is 11.4 Å². The number of thiophene rings is 1. The lowest BCUT2D eigenvalue weighted by Gasteiger charge is -2.08. The first-order chi connectivity index (χ1) is 12.5. The van der Waals surface area contributed by atoms with Crippen LogP contribution in [0.2, 0.25) is 0 Å². The quantitative estimate of drug-likeness (QED) is 0.528. The SMILES string of the molecule is CCn1c(SCC(=O)Nc2ccc(Br)cc2)nnc1-c1csc(C)c1C. The Bertz CT molecular complexity index is 918. The number of halogens is 1. The van der Waals surface area contributed by atoms with E-state index in [9.17, 15) is 4.79 Å². The fourth-order valence-corrected chi connectivity index (χ4v) is 4.40. The number of aryl methyl sites for hydroxylation is 1. The Morgan fingerprint density at radius 1 is 1.27 bits per heavy atom. The van der Waals surface area contributed by atoms with Gasteiger partial charge >= 0.3 is 0 Å².